The zero-order valence-corrected chi connectivity index (χ0v) is 10.4. The van der Waals surface area contributed by atoms with Crippen LogP contribution in [0.5, 0.6) is 0 Å². The molecule has 0 bridgehead atoms. The maximum absolute atomic E-state index is 12.3. The van der Waals surface area contributed by atoms with Gasteiger partial charge in [-0.2, -0.15) is 0 Å². The van der Waals surface area contributed by atoms with E-state index in [1.54, 1.807) is 0 Å². The van der Waals surface area contributed by atoms with Crippen LogP contribution in [0.1, 0.15) is 31.9 Å². The number of nitrogens with one attached hydrogen (secondary N) is 1. The number of aryl methyl sites for hydroxylation is 1. The molecule has 1 aliphatic heterocycles. The highest BCUT2D eigenvalue weighted by Crippen LogP contribution is 2.23. The molecule has 1 N–H and O–H groups in total. The maximum Gasteiger partial charge on any atom is 0.203 e. The van der Waals surface area contributed by atoms with Crippen molar-refractivity contribution in [2.45, 2.75) is 20.0 Å². The van der Waals surface area contributed by atoms with Gasteiger partial charge < -0.3 is 5.32 Å². The van der Waals surface area contributed by atoms with Crippen LogP contribution in [0.15, 0.2) is 29.6 Å². The predicted molar refractivity (Wildman–Crippen MR) is 69.5 cm³/mol. The largest absolute Gasteiger partial charge is 0.309 e. The van der Waals surface area contributed by atoms with Gasteiger partial charge in [-0.1, -0.05) is 12.1 Å². The van der Waals surface area contributed by atoms with Crippen LogP contribution in [0, 0.1) is 6.92 Å². The molecule has 86 valence electrons. The van der Waals surface area contributed by atoms with Gasteiger partial charge in [-0.05, 0) is 41.1 Å². The van der Waals surface area contributed by atoms with E-state index in [2.05, 4.69) is 11.4 Å². The lowest BCUT2D eigenvalue weighted by atomic mass is 10.0. The summed E-state index contributed by atoms with van der Waals surface area (Å²) < 4.78 is 0. The fraction of sp³-hybridized carbons (Fsp3) is 0.214. The van der Waals surface area contributed by atoms with Gasteiger partial charge in [0, 0.05) is 18.7 Å². The molecule has 0 atom stereocenters. The van der Waals surface area contributed by atoms with Crippen LogP contribution >= 0.6 is 11.3 Å². The first-order chi connectivity index (χ1) is 8.25. The number of rotatable bonds is 2. The Bertz CT molecular complexity index is 586. The summed E-state index contributed by atoms with van der Waals surface area (Å²) in [7, 11) is 0. The number of thiophene rings is 1. The highest BCUT2D eigenvalue weighted by atomic mass is 32.1. The average Bonchev–Trinajstić information content (AvgIpc) is 2.95. The molecule has 0 saturated carbocycles. The fourth-order valence-corrected chi connectivity index (χ4v) is 3.06. The van der Waals surface area contributed by atoms with Crippen LogP contribution in [0.25, 0.3) is 0 Å². The van der Waals surface area contributed by atoms with Gasteiger partial charge in [-0.3, -0.25) is 4.79 Å². The lowest BCUT2D eigenvalue weighted by Gasteiger charge is -2.03. The number of hydrogen-bond acceptors (Lipinski definition) is 3. The summed E-state index contributed by atoms with van der Waals surface area (Å²) in [4.78, 5) is 13.2. The van der Waals surface area contributed by atoms with Crippen LogP contribution in [0.2, 0.25) is 0 Å². The predicted octanol–water partition coefficient (Wildman–Crippen LogP) is 2.89. The monoisotopic (exact) mass is 243 g/mol. The van der Waals surface area contributed by atoms with Gasteiger partial charge in [0.1, 0.15) is 0 Å². The number of hydrogen-bond donors (Lipinski definition) is 1. The van der Waals surface area contributed by atoms with Crippen molar-refractivity contribution < 1.29 is 4.79 Å². The van der Waals surface area contributed by atoms with Crippen LogP contribution in [-0.2, 0) is 13.1 Å². The molecule has 1 aromatic carbocycles. The van der Waals surface area contributed by atoms with Crippen LogP contribution in [0.4, 0.5) is 0 Å². The van der Waals surface area contributed by atoms with Gasteiger partial charge in [0.25, 0.3) is 0 Å². The molecule has 0 aliphatic carbocycles. The van der Waals surface area contributed by atoms with Gasteiger partial charge in [-0.15, -0.1) is 11.3 Å². The second kappa shape index (κ2) is 4.09. The topological polar surface area (TPSA) is 29.1 Å². The van der Waals surface area contributed by atoms with E-state index in [1.807, 2.05) is 30.5 Å². The zero-order chi connectivity index (χ0) is 11.8. The number of ketones is 1. The number of fused-ring (bicyclic) bond motifs is 1. The van der Waals surface area contributed by atoms with Crippen molar-refractivity contribution >= 4 is 17.1 Å². The third kappa shape index (κ3) is 1.81. The summed E-state index contributed by atoms with van der Waals surface area (Å²) in [5.74, 6) is 0.146. The third-order valence-electron chi connectivity index (χ3n) is 3.17. The molecule has 3 heteroatoms. The van der Waals surface area contributed by atoms with E-state index >= 15 is 0 Å². The highest BCUT2D eigenvalue weighted by Gasteiger charge is 2.16. The number of carbonyl (C=O) groups excluding carboxylic acids is 1. The minimum absolute atomic E-state index is 0.146. The number of benzene rings is 1. The maximum atomic E-state index is 12.3. The quantitative estimate of drug-likeness (QED) is 0.822. The van der Waals surface area contributed by atoms with Crippen molar-refractivity contribution in [2.24, 2.45) is 0 Å². The fourth-order valence-electron chi connectivity index (χ4n) is 2.17. The average molecular weight is 243 g/mol. The van der Waals surface area contributed by atoms with Crippen molar-refractivity contribution in [3.63, 3.8) is 0 Å². The molecule has 0 unspecified atom stereocenters. The van der Waals surface area contributed by atoms with Gasteiger partial charge >= 0.3 is 0 Å². The summed E-state index contributed by atoms with van der Waals surface area (Å²) in [5, 5.41) is 5.26. The van der Waals surface area contributed by atoms with E-state index in [9.17, 15) is 4.79 Å². The molecule has 2 nitrogen and oxygen atoms in total. The van der Waals surface area contributed by atoms with Crippen molar-refractivity contribution in [3.8, 4) is 0 Å². The SMILES string of the molecule is Cc1ccsc1C(=O)c1ccc2c(c1)CNC2. The minimum Gasteiger partial charge on any atom is -0.309 e. The van der Waals surface area contributed by atoms with Crippen LogP contribution < -0.4 is 5.32 Å². The molecule has 2 aromatic rings. The van der Waals surface area contributed by atoms with Crippen molar-refractivity contribution in [2.75, 3.05) is 0 Å². The van der Waals surface area contributed by atoms with Gasteiger partial charge in [0.15, 0.2) is 0 Å². The van der Waals surface area contributed by atoms with E-state index in [0.29, 0.717) is 0 Å². The van der Waals surface area contributed by atoms with E-state index in [-0.39, 0.29) is 5.78 Å². The molecular formula is C14H13NOS. The Balaban J connectivity index is 2.00. The smallest absolute Gasteiger partial charge is 0.203 e. The second-order valence-corrected chi connectivity index (χ2v) is 5.27. The Kier molecular flexibility index (Phi) is 2.57. The molecule has 17 heavy (non-hydrogen) atoms. The summed E-state index contributed by atoms with van der Waals surface area (Å²) in [5.41, 5.74) is 4.44. The Morgan fingerprint density at radius 2 is 2.06 bits per heavy atom. The first kappa shape index (κ1) is 10.7. The van der Waals surface area contributed by atoms with Crippen molar-refractivity contribution in [1.29, 1.82) is 0 Å². The van der Waals surface area contributed by atoms with E-state index in [0.717, 1.165) is 29.1 Å². The molecule has 0 amide bonds. The Labute approximate surface area is 104 Å². The Morgan fingerprint density at radius 3 is 2.82 bits per heavy atom. The molecule has 3 rings (SSSR count). The Hall–Kier alpha value is -1.45. The highest BCUT2D eigenvalue weighted by molar-refractivity contribution is 7.12. The Morgan fingerprint density at radius 1 is 1.24 bits per heavy atom. The summed E-state index contributed by atoms with van der Waals surface area (Å²) >= 11 is 1.52. The van der Waals surface area contributed by atoms with Crippen molar-refractivity contribution in [3.05, 3.63) is 56.8 Å². The molecule has 2 heterocycles. The summed E-state index contributed by atoms with van der Waals surface area (Å²) in [6.45, 7) is 3.78. The molecule has 1 aliphatic rings. The molecular weight excluding hydrogens is 230 g/mol. The van der Waals surface area contributed by atoms with Gasteiger partial charge in [0.2, 0.25) is 5.78 Å². The lowest BCUT2D eigenvalue weighted by molar-refractivity contribution is 0.104. The van der Waals surface area contributed by atoms with Gasteiger partial charge in [-0.25, -0.2) is 0 Å². The molecule has 0 spiro atoms. The van der Waals surface area contributed by atoms with Crippen LogP contribution in [0.3, 0.4) is 0 Å². The summed E-state index contributed by atoms with van der Waals surface area (Å²) in [6, 6.07) is 8.02. The molecule has 0 saturated heterocycles. The molecule has 1 aromatic heterocycles. The van der Waals surface area contributed by atoms with E-state index in [1.165, 1.54) is 22.5 Å². The first-order valence-electron chi connectivity index (χ1n) is 5.67. The normalized spacial score (nSPS) is 13.7. The lowest BCUT2D eigenvalue weighted by Crippen LogP contribution is -2.02. The molecule has 0 radical (unpaired) electrons. The minimum atomic E-state index is 0.146. The number of carbonyl (C=O) groups is 1. The second-order valence-electron chi connectivity index (χ2n) is 4.35. The van der Waals surface area contributed by atoms with Crippen molar-refractivity contribution in [1.82, 2.24) is 5.32 Å². The van der Waals surface area contributed by atoms with Crippen LogP contribution in [-0.4, -0.2) is 5.78 Å². The molecule has 0 fully saturated rings. The standard InChI is InChI=1S/C14H13NOS/c1-9-4-5-17-14(9)13(16)10-2-3-11-7-15-8-12(11)6-10/h2-6,15H,7-8H2,1H3. The first-order valence-corrected chi connectivity index (χ1v) is 6.55. The van der Waals surface area contributed by atoms with E-state index in [4.69, 9.17) is 0 Å². The van der Waals surface area contributed by atoms with Gasteiger partial charge in [0.05, 0.1) is 4.88 Å². The zero-order valence-electron chi connectivity index (χ0n) is 9.62. The third-order valence-corrected chi connectivity index (χ3v) is 4.18. The van der Waals surface area contributed by atoms with E-state index < -0.39 is 0 Å². The summed E-state index contributed by atoms with van der Waals surface area (Å²) in [6.07, 6.45) is 0.